The Labute approximate surface area is 154 Å². The molecule has 3 rings (SSSR count). The van der Waals surface area contributed by atoms with Crippen molar-refractivity contribution in [2.75, 3.05) is 11.9 Å². The zero-order valence-corrected chi connectivity index (χ0v) is 14.6. The summed E-state index contributed by atoms with van der Waals surface area (Å²) in [5, 5.41) is 3.54. The fourth-order valence-corrected chi connectivity index (χ4v) is 2.67. The highest BCUT2D eigenvalue weighted by atomic mass is 35.5. The Morgan fingerprint density at radius 2 is 2.19 bits per heavy atom. The van der Waals surface area contributed by atoms with Gasteiger partial charge < -0.3 is 15.0 Å². The molecule has 132 valence electrons. The van der Waals surface area contributed by atoms with E-state index in [9.17, 15) is 9.59 Å². The third kappa shape index (κ3) is 3.29. The summed E-state index contributed by atoms with van der Waals surface area (Å²) < 4.78 is 5.09. The molecule has 0 atom stereocenters. The number of fused-ring (bicyclic) bond motifs is 1. The second-order valence-corrected chi connectivity index (χ2v) is 5.66. The predicted molar refractivity (Wildman–Crippen MR) is 99.1 cm³/mol. The van der Waals surface area contributed by atoms with Gasteiger partial charge >= 0.3 is 5.97 Å². The molecule has 0 spiro atoms. The first-order valence-electron chi connectivity index (χ1n) is 7.77. The molecule has 2 N–H and O–H groups in total. The highest BCUT2D eigenvalue weighted by Crippen LogP contribution is 2.32. The average Bonchev–Trinajstić information content (AvgIpc) is 3.08. The van der Waals surface area contributed by atoms with Gasteiger partial charge in [-0.1, -0.05) is 24.2 Å². The molecule has 0 unspecified atom stereocenters. The summed E-state index contributed by atoms with van der Waals surface area (Å²) in [7, 11) is 0. The minimum Gasteiger partial charge on any atom is -0.462 e. The van der Waals surface area contributed by atoms with Crippen LogP contribution in [0, 0.1) is 0 Å². The maximum absolute atomic E-state index is 12.2. The highest BCUT2D eigenvalue weighted by Gasteiger charge is 2.19. The van der Waals surface area contributed by atoms with E-state index in [-0.39, 0.29) is 12.5 Å². The van der Waals surface area contributed by atoms with Crippen molar-refractivity contribution in [3.05, 3.63) is 54.0 Å². The van der Waals surface area contributed by atoms with Gasteiger partial charge in [-0.05, 0) is 25.1 Å². The Morgan fingerprint density at radius 1 is 1.38 bits per heavy atom. The molecule has 3 aromatic rings. The fourth-order valence-electron chi connectivity index (χ4n) is 2.50. The molecule has 1 aromatic carbocycles. The van der Waals surface area contributed by atoms with E-state index in [2.05, 4.69) is 26.8 Å². The molecule has 0 radical (unpaired) electrons. The molecule has 26 heavy (non-hydrogen) atoms. The van der Waals surface area contributed by atoms with Crippen LogP contribution in [-0.4, -0.2) is 33.4 Å². The normalized spacial score (nSPS) is 10.5. The van der Waals surface area contributed by atoms with Crippen molar-refractivity contribution < 1.29 is 14.3 Å². The number of ether oxygens (including phenoxy) is 1. The van der Waals surface area contributed by atoms with E-state index >= 15 is 0 Å². The summed E-state index contributed by atoms with van der Waals surface area (Å²) in [5.74, 6) is -0.852. The number of esters is 1. The molecule has 1 amide bonds. The highest BCUT2D eigenvalue weighted by molar-refractivity contribution is 6.34. The molecular weight excluding hydrogens is 356 g/mol. The average molecular weight is 371 g/mol. The van der Waals surface area contributed by atoms with Crippen LogP contribution in [0.1, 0.15) is 17.3 Å². The molecule has 2 aromatic heterocycles. The van der Waals surface area contributed by atoms with Crippen LogP contribution in [0.4, 0.5) is 5.69 Å². The SMILES string of the molecule is C=CC(=O)Nc1cc(-c2ncnc3[nH]cc(C(=O)OCC)c23)ccc1Cl. The fraction of sp³-hybridized carbons (Fsp3) is 0.111. The number of carbonyl (C=O) groups excluding carboxylic acids is 2. The second-order valence-electron chi connectivity index (χ2n) is 5.26. The minimum absolute atomic E-state index is 0.257. The molecule has 0 bridgehead atoms. The Hall–Kier alpha value is -3.19. The number of H-pyrrole nitrogens is 1. The van der Waals surface area contributed by atoms with Crippen molar-refractivity contribution in [2.24, 2.45) is 0 Å². The lowest BCUT2D eigenvalue weighted by Crippen LogP contribution is -2.08. The van der Waals surface area contributed by atoms with Gasteiger partial charge in [-0.15, -0.1) is 0 Å². The van der Waals surface area contributed by atoms with Crippen molar-refractivity contribution in [3.8, 4) is 11.3 Å². The van der Waals surface area contributed by atoms with Crippen molar-refractivity contribution in [3.63, 3.8) is 0 Å². The van der Waals surface area contributed by atoms with Gasteiger partial charge in [0, 0.05) is 11.8 Å². The Bertz CT molecular complexity index is 1010. The number of anilines is 1. The molecule has 0 aliphatic heterocycles. The first kappa shape index (κ1) is 17.6. The van der Waals surface area contributed by atoms with Gasteiger partial charge in [0.2, 0.25) is 5.91 Å². The van der Waals surface area contributed by atoms with Crippen LogP contribution in [0.5, 0.6) is 0 Å². The van der Waals surface area contributed by atoms with Crippen molar-refractivity contribution in [1.82, 2.24) is 15.0 Å². The van der Waals surface area contributed by atoms with Gasteiger partial charge in [0.05, 0.1) is 34.0 Å². The topological polar surface area (TPSA) is 97.0 Å². The van der Waals surface area contributed by atoms with Crippen LogP contribution >= 0.6 is 11.6 Å². The number of nitrogens with one attached hydrogen (secondary N) is 2. The molecule has 0 aliphatic carbocycles. The van der Waals surface area contributed by atoms with Crippen molar-refractivity contribution >= 4 is 40.2 Å². The lowest BCUT2D eigenvalue weighted by Gasteiger charge is -2.09. The largest absolute Gasteiger partial charge is 0.462 e. The van der Waals surface area contributed by atoms with Gasteiger partial charge in [0.25, 0.3) is 0 Å². The summed E-state index contributed by atoms with van der Waals surface area (Å²) in [4.78, 5) is 35.2. The quantitative estimate of drug-likeness (QED) is 0.528. The van der Waals surface area contributed by atoms with Crippen LogP contribution in [-0.2, 0) is 9.53 Å². The zero-order valence-electron chi connectivity index (χ0n) is 13.9. The first-order valence-corrected chi connectivity index (χ1v) is 8.15. The number of rotatable bonds is 5. The number of aromatic nitrogens is 3. The van der Waals surface area contributed by atoms with Crippen LogP contribution < -0.4 is 5.32 Å². The lowest BCUT2D eigenvalue weighted by molar-refractivity contribution is -0.111. The van der Waals surface area contributed by atoms with Gasteiger partial charge in [-0.25, -0.2) is 14.8 Å². The first-order chi connectivity index (χ1) is 12.5. The summed E-state index contributed by atoms with van der Waals surface area (Å²) >= 11 is 6.14. The van der Waals surface area contributed by atoms with Gasteiger partial charge in [0.1, 0.15) is 12.0 Å². The number of benzene rings is 1. The summed E-state index contributed by atoms with van der Waals surface area (Å²) in [6.07, 6.45) is 4.08. The van der Waals surface area contributed by atoms with Crippen LogP contribution in [0.15, 0.2) is 43.4 Å². The molecule has 0 saturated carbocycles. The summed E-state index contributed by atoms with van der Waals surface area (Å²) in [5.41, 5.74) is 2.43. The Kier molecular flexibility index (Phi) is 4.99. The molecule has 8 heteroatoms. The monoisotopic (exact) mass is 370 g/mol. The number of nitrogens with zero attached hydrogens (tertiary/aromatic N) is 2. The summed E-state index contributed by atoms with van der Waals surface area (Å²) in [6.45, 7) is 5.41. The van der Waals surface area contributed by atoms with E-state index in [0.29, 0.717) is 38.6 Å². The van der Waals surface area contributed by atoms with E-state index in [1.165, 1.54) is 12.5 Å². The number of hydrogen-bond donors (Lipinski definition) is 2. The third-order valence-corrected chi connectivity index (χ3v) is 3.98. The maximum Gasteiger partial charge on any atom is 0.340 e. The van der Waals surface area contributed by atoms with Crippen LogP contribution in [0.25, 0.3) is 22.3 Å². The third-order valence-electron chi connectivity index (χ3n) is 3.65. The molecule has 2 heterocycles. The smallest absolute Gasteiger partial charge is 0.340 e. The standard InChI is InChI=1S/C18H15ClN4O3/c1-3-14(24)23-13-7-10(5-6-12(13)19)16-15-11(18(25)26-4-2)8-20-17(15)22-9-21-16/h3,5-9H,1,4H2,2H3,(H,23,24)(H,20,21,22). The lowest BCUT2D eigenvalue weighted by atomic mass is 10.1. The number of halogens is 1. The predicted octanol–water partition coefficient (Wildman–Crippen LogP) is 3.58. The number of carbonyl (C=O) groups is 2. The van der Waals surface area contributed by atoms with E-state index in [1.54, 1.807) is 25.1 Å². The maximum atomic E-state index is 12.2. The van der Waals surface area contributed by atoms with Gasteiger partial charge in [-0.3, -0.25) is 4.79 Å². The van der Waals surface area contributed by atoms with E-state index in [4.69, 9.17) is 16.3 Å². The van der Waals surface area contributed by atoms with E-state index < -0.39 is 5.97 Å². The number of aromatic amines is 1. The Balaban J connectivity index is 2.15. The second kappa shape index (κ2) is 7.37. The van der Waals surface area contributed by atoms with Crippen LogP contribution in [0.2, 0.25) is 5.02 Å². The number of amides is 1. The Morgan fingerprint density at radius 3 is 2.92 bits per heavy atom. The van der Waals surface area contributed by atoms with Gasteiger partial charge in [-0.2, -0.15) is 0 Å². The molecular formula is C18H15ClN4O3. The minimum atomic E-state index is -0.469. The van der Waals surface area contributed by atoms with E-state index in [0.717, 1.165) is 6.08 Å². The zero-order chi connectivity index (χ0) is 18.7. The van der Waals surface area contributed by atoms with Crippen molar-refractivity contribution in [1.29, 1.82) is 0 Å². The molecule has 0 fully saturated rings. The molecule has 0 saturated heterocycles. The van der Waals surface area contributed by atoms with Crippen LogP contribution in [0.3, 0.4) is 0 Å². The molecule has 0 aliphatic rings. The number of hydrogen-bond acceptors (Lipinski definition) is 5. The van der Waals surface area contributed by atoms with E-state index in [1.807, 2.05) is 0 Å². The molecule has 7 nitrogen and oxygen atoms in total. The van der Waals surface area contributed by atoms with Crippen molar-refractivity contribution in [2.45, 2.75) is 6.92 Å². The summed E-state index contributed by atoms with van der Waals surface area (Å²) in [6, 6.07) is 5.06. The van der Waals surface area contributed by atoms with Gasteiger partial charge in [0.15, 0.2) is 0 Å².